The number of anilines is 1. The molecule has 1 heterocycles. The summed E-state index contributed by atoms with van der Waals surface area (Å²) in [5.74, 6) is -1.02. The minimum Gasteiger partial charge on any atom is -0.397 e. The number of nitrogens with zero attached hydrogens (tertiary/aromatic N) is 1. The van der Waals surface area contributed by atoms with Gasteiger partial charge in [0.15, 0.2) is 5.82 Å². The number of aromatic nitrogens is 1. The number of rotatable bonds is 1. The smallest absolute Gasteiger partial charge is 0.268 e. The van der Waals surface area contributed by atoms with Crippen LogP contribution in [0.15, 0.2) is 6.20 Å². The summed E-state index contributed by atoms with van der Waals surface area (Å²) in [4.78, 5) is 3.49. The quantitative estimate of drug-likeness (QED) is 0.711. The molecule has 0 spiro atoms. The van der Waals surface area contributed by atoms with Gasteiger partial charge in [-0.1, -0.05) is 0 Å². The van der Waals surface area contributed by atoms with Gasteiger partial charge in [-0.3, -0.25) is 4.98 Å². The van der Waals surface area contributed by atoms with Crippen LogP contribution in [0.3, 0.4) is 0 Å². The van der Waals surface area contributed by atoms with Gasteiger partial charge in [-0.25, -0.2) is 13.2 Å². The molecule has 5 heteroatoms. The lowest BCUT2D eigenvalue weighted by atomic mass is 10.2. The van der Waals surface area contributed by atoms with Crippen molar-refractivity contribution in [2.75, 3.05) is 5.73 Å². The Hall–Kier alpha value is -1.26. The SMILES string of the molecule is Cc1ncc(N)c(C(F)F)c1F. The van der Waals surface area contributed by atoms with E-state index in [2.05, 4.69) is 4.98 Å². The predicted molar refractivity (Wildman–Crippen MR) is 38.3 cm³/mol. The lowest BCUT2D eigenvalue weighted by Crippen LogP contribution is -2.02. The lowest BCUT2D eigenvalue weighted by Gasteiger charge is -2.06. The number of hydrogen-bond acceptors (Lipinski definition) is 2. The molecule has 0 amide bonds. The average Bonchev–Trinajstić information content (AvgIpc) is 1.97. The second-order valence-electron chi connectivity index (χ2n) is 2.33. The summed E-state index contributed by atoms with van der Waals surface area (Å²) in [6.45, 7) is 1.31. The van der Waals surface area contributed by atoms with Crippen LogP contribution in [0.2, 0.25) is 0 Å². The highest BCUT2D eigenvalue weighted by Gasteiger charge is 2.18. The van der Waals surface area contributed by atoms with Gasteiger partial charge < -0.3 is 5.73 Å². The maximum absolute atomic E-state index is 12.9. The first kappa shape index (κ1) is 8.83. The van der Waals surface area contributed by atoms with Crippen LogP contribution < -0.4 is 5.73 Å². The van der Waals surface area contributed by atoms with E-state index in [1.807, 2.05) is 0 Å². The minimum atomic E-state index is -2.90. The number of nitrogens with two attached hydrogens (primary N) is 1. The fraction of sp³-hybridized carbons (Fsp3) is 0.286. The Kier molecular flexibility index (Phi) is 2.21. The Morgan fingerprint density at radius 1 is 1.50 bits per heavy atom. The summed E-state index contributed by atoms with van der Waals surface area (Å²) >= 11 is 0. The van der Waals surface area contributed by atoms with Crippen molar-refractivity contribution < 1.29 is 13.2 Å². The Morgan fingerprint density at radius 3 is 2.50 bits per heavy atom. The van der Waals surface area contributed by atoms with Crippen molar-refractivity contribution in [3.8, 4) is 0 Å². The van der Waals surface area contributed by atoms with E-state index in [9.17, 15) is 13.2 Å². The number of nitrogen functional groups attached to an aromatic ring is 1. The van der Waals surface area contributed by atoms with E-state index in [0.29, 0.717) is 0 Å². The molecule has 12 heavy (non-hydrogen) atoms. The van der Waals surface area contributed by atoms with Crippen LogP contribution >= 0.6 is 0 Å². The first-order valence-electron chi connectivity index (χ1n) is 3.22. The zero-order valence-electron chi connectivity index (χ0n) is 6.31. The molecule has 0 aromatic carbocycles. The molecule has 2 N–H and O–H groups in total. The second-order valence-corrected chi connectivity index (χ2v) is 2.33. The van der Waals surface area contributed by atoms with Gasteiger partial charge in [0.05, 0.1) is 23.1 Å². The molecular weight excluding hydrogens is 169 g/mol. The largest absolute Gasteiger partial charge is 0.397 e. The van der Waals surface area contributed by atoms with Crippen LogP contribution in [0.1, 0.15) is 17.7 Å². The molecule has 1 aromatic rings. The Bertz CT molecular complexity index is 299. The third kappa shape index (κ3) is 1.34. The predicted octanol–water partition coefficient (Wildman–Crippen LogP) is 2.05. The molecule has 2 nitrogen and oxygen atoms in total. The molecule has 0 fully saturated rings. The molecule has 1 aromatic heterocycles. The van der Waals surface area contributed by atoms with Gasteiger partial charge in [-0.2, -0.15) is 0 Å². The third-order valence-corrected chi connectivity index (χ3v) is 1.48. The summed E-state index contributed by atoms with van der Waals surface area (Å²) in [7, 11) is 0. The first-order valence-corrected chi connectivity index (χ1v) is 3.22. The van der Waals surface area contributed by atoms with Gasteiger partial charge in [0.2, 0.25) is 0 Å². The number of hydrogen-bond donors (Lipinski definition) is 1. The topological polar surface area (TPSA) is 38.9 Å². The lowest BCUT2D eigenvalue weighted by molar-refractivity contribution is 0.147. The molecule has 0 aliphatic rings. The van der Waals surface area contributed by atoms with Gasteiger partial charge in [-0.05, 0) is 6.92 Å². The third-order valence-electron chi connectivity index (χ3n) is 1.48. The Morgan fingerprint density at radius 2 is 2.08 bits per heavy atom. The van der Waals surface area contributed by atoms with Crippen molar-refractivity contribution in [1.82, 2.24) is 4.98 Å². The molecule has 66 valence electrons. The number of aryl methyl sites for hydroxylation is 1. The van der Waals surface area contributed by atoms with Gasteiger partial charge in [0.1, 0.15) is 0 Å². The fourth-order valence-corrected chi connectivity index (χ4v) is 0.836. The molecule has 0 unspecified atom stereocenters. The summed E-state index contributed by atoms with van der Waals surface area (Å²) < 4.78 is 37.1. The first-order chi connectivity index (χ1) is 5.54. The second kappa shape index (κ2) is 3.00. The molecular formula is C7H7F3N2. The summed E-state index contributed by atoms with van der Waals surface area (Å²) in [6, 6.07) is 0. The molecule has 1 rings (SSSR count). The number of halogens is 3. The van der Waals surface area contributed by atoms with Crippen molar-refractivity contribution >= 4 is 5.69 Å². The molecule has 0 radical (unpaired) electrons. The average molecular weight is 176 g/mol. The van der Waals surface area contributed by atoms with Crippen molar-refractivity contribution in [2.45, 2.75) is 13.3 Å². The highest BCUT2D eigenvalue weighted by Crippen LogP contribution is 2.27. The zero-order valence-corrected chi connectivity index (χ0v) is 6.31. The van der Waals surface area contributed by atoms with Gasteiger partial charge in [0, 0.05) is 0 Å². The highest BCUT2D eigenvalue weighted by molar-refractivity contribution is 5.46. The minimum absolute atomic E-state index is 0.0699. The van der Waals surface area contributed by atoms with Gasteiger partial charge in [-0.15, -0.1) is 0 Å². The van der Waals surface area contributed by atoms with Crippen LogP contribution in [-0.2, 0) is 0 Å². The van der Waals surface area contributed by atoms with Crippen molar-refractivity contribution in [2.24, 2.45) is 0 Å². The number of pyridine rings is 1. The molecule has 0 saturated carbocycles. The maximum Gasteiger partial charge on any atom is 0.268 e. The Balaban J connectivity index is 3.33. The van der Waals surface area contributed by atoms with E-state index in [0.717, 1.165) is 6.20 Å². The van der Waals surface area contributed by atoms with Gasteiger partial charge >= 0.3 is 0 Å². The highest BCUT2D eigenvalue weighted by atomic mass is 19.3. The van der Waals surface area contributed by atoms with Crippen LogP contribution in [0.5, 0.6) is 0 Å². The summed E-state index contributed by atoms with van der Waals surface area (Å²) in [5.41, 5.74) is 3.97. The van der Waals surface area contributed by atoms with E-state index in [1.54, 1.807) is 0 Å². The zero-order chi connectivity index (χ0) is 9.30. The molecule has 0 saturated heterocycles. The maximum atomic E-state index is 12.9. The standard InChI is InChI=1S/C7H7F3N2/c1-3-6(8)5(7(9)10)4(11)2-12-3/h2,7H,11H2,1H3. The van der Waals surface area contributed by atoms with Crippen LogP contribution in [0.25, 0.3) is 0 Å². The van der Waals surface area contributed by atoms with E-state index in [4.69, 9.17) is 5.73 Å². The van der Waals surface area contributed by atoms with Crippen LogP contribution in [-0.4, -0.2) is 4.98 Å². The fourth-order valence-electron chi connectivity index (χ4n) is 0.836. The van der Waals surface area contributed by atoms with Crippen molar-refractivity contribution in [3.05, 3.63) is 23.3 Å². The summed E-state index contributed by atoms with van der Waals surface area (Å²) in [6.07, 6.45) is -1.87. The number of alkyl halides is 2. The Labute approximate surface area is 67.2 Å². The van der Waals surface area contributed by atoms with E-state index < -0.39 is 17.8 Å². The van der Waals surface area contributed by atoms with Gasteiger partial charge in [0.25, 0.3) is 6.43 Å². The summed E-state index contributed by atoms with van der Waals surface area (Å²) in [5, 5.41) is 0. The molecule has 0 aliphatic heterocycles. The van der Waals surface area contributed by atoms with Crippen LogP contribution in [0, 0.1) is 12.7 Å². The monoisotopic (exact) mass is 176 g/mol. The van der Waals surface area contributed by atoms with E-state index >= 15 is 0 Å². The molecule has 0 aliphatic carbocycles. The molecule has 0 atom stereocenters. The molecule has 0 bridgehead atoms. The van der Waals surface area contributed by atoms with Crippen molar-refractivity contribution in [3.63, 3.8) is 0 Å². The van der Waals surface area contributed by atoms with Crippen LogP contribution in [0.4, 0.5) is 18.9 Å². The van der Waals surface area contributed by atoms with E-state index in [-0.39, 0.29) is 11.4 Å². The van der Waals surface area contributed by atoms with E-state index in [1.165, 1.54) is 6.92 Å². The normalized spacial score (nSPS) is 10.8. The van der Waals surface area contributed by atoms with Crippen molar-refractivity contribution in [1.29, 1.82) is 0 Å².